The van der Waals surface area contributed by atoms with Crippen molar-refractivity contribution >= 4 is 26.7 Å². The van der Waals surface area contributed by atoms with Gasteiger partial charge in [-0.25, -0.2) is 4.39 Å². The summed E-state index contributed by atoms with van der Waals surface area (Å²) >= 11 is 3.28. The van der Waals surface area contributed by atoms with Crippen LogP contribution in [0, 0.1) is 12.7 Å². The number of nitrogens with two attached hydrogens (primary N) is 1. The number of aryl methyl sites for hydroxylation is 1. The number of hydrogen-bond donors (Lipinski definition) is 1. The van der Waals surface area contributed by atoms with Crippen LogP contribution in [-0.2, 0) is 0 Å². The summed E-state index contributed by atoms with van der Waals surface area (Å²) in [5, 5.41) is 2.19. The minimum Gasteiger partial charge on any atom is -0.320 e. The Labute approximate surface area is 131 Å². The molecule has 0 saturated carbocycles. The fourth-order valence-electron chi connectivity index (χ4n) is 2.73. The van der Waals surface area contributed by atoms with Gasteiger partial charge >= 0.3 is 0 Å². The molecule has 0 amide bonds. The van der Waals surface area contributed by atoms with Gasteiger partial charge in [-0.15, -0.1) is 0 Å². The van der Waals surface area contributed by atoms with Crippen LogP contribution in [0.15, 0.2) is 59.1 Å². The van der Waals surface area contributed by atoms with E-state index in [0.29, 0.717) is 10.0 Å². The van der Waals surface area contributed by atoms with Crippen molar-refractivity contribution in [1.82, 2.24) is 0 Å². The zero-order valence-corrected chi connectivity index (χ0v) is 13.2. The van der Waals surface area contributed by atoms with Gasteiger partial charge in [0, 0.05) is 10.0 Å². The van der Waals surface area contributed by atoms with E-state index >= 15 is 0 Å². The molecule has 0 radical (unpaired) electrons. The van der Waals surface area contributed by atoms with Gasteiger partial charge in [0.1, 0.15) is 5.82 Å². The maximum atomic E-state index is 14.2. The largest absolute Gasteiger partial charge is 0.320 e. The van der Waals surface area contributed by atoms with Gasteiger partial charge in [-0.05, 0) is 41.0 Å². The third-order valence-electron chi connectivity index (χ3n) is 3.80. The van der Waals surface area contributed by atoms with Crippen molar-refractivity contribution in [2.75, 3.05) is 0 Å². The van der Waals surface area contributed by atoms with E-state index in [0.717, 1.165) is 21.9 Å². The Morgan fingerprint density at radius 2 is 1.81 bits per heavy atom. The van der Waals surface area contributed by atoms with E-state index in [9.17, 15) is 4.39 Å². The van der Waals surface area contributed by atoms with Gasteiger partial charge in [0.2, 0.25) is 0 Å². The molecule has 106 valence electrons. The van der Waals surface area contributed by atoms with Crippen molar-refractivity contribution < 1.29 is 4.39 Å². The van der Waals surface area contributed by atoms with Crippen LogP contribution in [0.5, 0.6) is 0 Å². The molecule has 0 aromatic heterocycles. The van der Waals surface area contributed by atoms with E-state index in [-0.39, 0.29) is 5.82 Å². The number of benzene rings is 3. The van der Waals surface area contributed by atoms with Crippen molar-refractivity contribution in [2.24, 2.45) is 5.73 Å². The minimum atomic E-state index is -0.482. The van der Waals surface area contributed by atoms with Crippen molar-refractivity contribution in [3.8, 4) is 0 Å². The number of halogens is 2. The van der Waals surface area contributed by atoms with Gasteiger partial charge in [0.15, 0.2) is 0 Å². The lowest BCUT2D eigenvalue weighted by Gasteiger charge is -2.19. The molecule has 3 heteroatoms. The van der Waals surface area contributed by atoms with Gasteiger partial charge in [0.05, 0.1) is 6.04 Å². The van der Waals surface area contributed by atoms with Crippen LogP contribution in [0.2, 0.25) is 0 Å². The third-order valence-corrected chi connectivity index (χ3v) is 4.29. The fraction of sp³-hybridized carbons (Fsp3) is 0.111. The normalized spacial score (nSPS) is 12.6. The summed E-state index contributed by atoms with van der Waals surface area (Å²) in [5.74, 6) is -0.288. The highest BCUT2D eigenvalue weighted by Crippen LogP contribution is 2.32. The predicted molar refractivity (Wildman–Crippen MR) is 88.8 cm³/mol. The average Bonchev–Trinajstić information content (AvgIpc) is 2.46. The first-order chi connectivity index (χ1) is 10.1. The zero-order valence-electron chi connectivity index (χ0n) is 11.6. The second-order valence-electron chi connectivity index (χ2n) is 5.16. The quantitative estimate of drug-likeness (QED) is 0.688. The molecule has 3 aromatic rings. The van der Waals surface area contributed by atoms with Gasteiger partial charge in [0.25, 0.3) is 0 Å². The van der Waals surface area contributed by atoms with E-state index < -0.39 is 6.04 Å². The average molecular weight is 344 g/mol. The molecule has 0 aliphatic carbocycles. The molecule has 0 heterocycles. The molecule has 0 spiro atoms. The lowest BCUT2D eigenvalue weighted by molar-refractivity contribution is 0.599. The van der Waals surface area contributed by atoms with Crippen LogP contribution in [0.25, 0.3) is 10.8 Å². The third kappa shape index (κ3) is 2.59. The second kappa shape index (κ2) is 5.58. The summed E-state index contributed by atoms with van der Waals surface area (Å²) in [4.78, 5) is 0. The summed E-state index contributed by atoms with van der Waals surface area (Å²) in [5.41, 5.74) is 8.94. The van der Waals surface area contributed by atoms with Gasteiger partial charge < -0.3 is 5.73 Å². The Bertz CT molecular complexity index is 813. The standard InChI is InChI=1S/C18H15BrFN/c1-11-6-7-12-4-2-3-5-14(12)17(11)18(21)15-9-8-13(19)10-16(15)20/h2-10,18H,21H2,1H3. The van der Waals surface area contributed by atoms with Crippen LogP contribution >= 0.6 is 15.9 Å². The number of fused-ring (bicyclic) bond motifs is 1. The Morgan fingerprint density at radius 1 is 1.05 bits per heavy atom. The first-order valence-corrected chi connectivity index (χ1v) is 7.56. The highest BCUT2D eigenvalue weighted by atomic mass is 79.9. The first kappa shape index (κ1) is 14.2. The summed E-state index contributed by atoms with van der Waals surface area (Å²) in [7, 11) is 0. The summed E-state index contributed by atoms with van der Waals surface area (Å²) < 4.78 is 14.9. The molecular formula is C18H15BrFN. The summed E-state index contributed by atoms with van der Waals surface area (Å²) in [6, 6.07) is 16.7. The Balaban J connectivity index is 2.21. The monoisotopic (exact) mass is 343 g/mol. The van der Waals surface area contributed by atoms with Crippen molar-refractivity contribution in [2.45, 2.75) is 13.0 Å². The number of hydrogen-bond acceptors (Lipinski definition) is 1. The zero-order chi connectivity index (χ0) is 15.0. The molecule has 1 nitrogen and oxygen atoms in total. The smallest absolute Gasteiger partial charge is 0.129 e. The summed E-state index contributed by atoms with van der Waals surface area (Å²) in [6.07, 6.45) is 0. The fourth-order valence-corrected chi connectivity index (χ4v) is 3.06. The molecule has 21 heavy (non-hydrogen) atoms. The Morgan fingerprint density at radius 3 is 2.57 bits per heavy atom. The lowest BCUT2D eigenvalue weighted by Crippen LogP contribution is -2.15. The van der Waals surface area contributed by atoms with E-state index in [2.05, 4.69) is 22.0 Å². The van der Waals surface area contributed by atoms with Crippen LogP contribution in [0.1, 0.15) is 22.7 Å². The molecule has 0 aliphatic rings. The Kier molecular flexibility index (Phi) is 3.79. The summed E-state index contributed by atoms with van der Waals surface area (Å²) in [6.45, 7) is 2.01. The van der Waals surface area contributed by atoms with Crippen molar-refractivity contribution in [1.29, 1.82) is 0 Å². The molecule has 2 N–H and O–H groups in total. The minimum absolute atomic E-state index is 0.288. The predicted octanol–water partition coefficient (Wildman–Crippen LogP) is 5.10. The molecule has 3 rings (SSSR count). The van der Waals surface area contributed by atoms with E-state index in [4.69, 9.17) is 5.73 Å². The molecule has 1 unspecified atom stereocenters. The Hall–Kier alpha value is -1.71. The van der Waals surface area contributed by atoms with E-state index in [1.54, 1.807) is 6.07 Å². The maximum Gasteiger partial charge on any atom is 0.129 e. The molecule has 0 saturated heterocycles. The van der Waals surface area contributed by atoms with Crippen molar-refractivity contribution in [3.05, 3.63) is 81.6 Å². The van der Waals surface area contributed by atoms with Crippen LogP contribution in [-0.4, -0.2) is 0 Å². The van der Waals surface area contributed by atoms with Crippen LogP contribution in [0.3, 0.4) is 0 Å². The van der Waals surface area contributed by atoms with Crippen LogP contribution < -0.4 is 5.73 Å². The molecule has 3 aromatic carbocycles. The lowest BCUT2D eigenvalue weighted by atomic mass is 9.90. The number of rotatable bonds is 2. The van der Waals surface area contributed by atoms with E-state index in [1.807, 2.05) is 43.3 Å². The topological polar surface area (TPSA) is 26.0 Å². The highest BCUT2D eigenvalue weighted by Gasteiger charge is 2.18. The van der Waals surface area contributed by atoms with Gasteiger partial charge in [-0.1, -0.05) is 58.4 Å². The molecular weight excluding hydrogens is 329 g/mol. The van der Waals surface area contributed by atoms with Crippen LogP contribution in [0.4, 0.5) is 4.39 Å². The first-order valence-electron chi connectivity index (χ1n) is 6.76. The molecule has 0 aliphatic heterocycles. The van der Waals surface area contributed by atoms with Gasteiger partial charge in [-0.3, -0.25) is 0 Å². The van der Waals surface area contributed by atoms with E-state index in [1.165, 1.54) is 6.07 Å². The highest BCUT2D eigenvalue weighted by molar-refractivity contribution is 9.10. The van der Waals surface area contributed by atoms with Gasteiger partial charge in [-0.2, -0.15) is 0 Å². The SMILES string of the molecule is Cc1ccc2ccccc2c1C(N)c1ccc(Br)cc1F. The molecule has 1 atom stereocenters. The molecule has 0 bridgehead atoms. The second-order valence-corrected chi connectivity index (χ2v) is 6.08. The maximum absolute atomic E-state index is 14.2. The molecule has 0 fully saturated rings. The van der Waals surface area contributed by atoms with Crippen molar-refractivity contribution in [3.63, 3.8) is 0 Å².